The quantitative estimate of drug-likeness (QED) is 0.680. The lowest BCUT2D eigenvalue weighted by atomic mass is 10.2. The number of fused-ring (bicyclic) bond motifs is 1. The number of thiazole rings is 1. The van der Waals surface area contributed by atoms with Crippen molar-refractivity contribution in [3.05, 3.63) is 39.8 Å². The number of nitrogens with one attached hydrogen (secondary N) is 3. The van der Waals surface area contributed by atoms with Crippen molar-refractivity contribution in [1.29, 1.82) is 0 Å². The number of hydrogen-bond acceptors (Lipinski definition) is 5. The molecule has 0 radical (unpaired) electrons. The molecule has 7 nitrogen and oxygen atoms in total. The number of para-hydroxylation sites is 1. The van der Waals surface area contributed by atoms with Crippen LogP contribution in [-0.2, 0) is 10.0 Å². The molecule has 0 spiro atoms. The minimum atomic E-state index is -3.80. The molecule has 0 saturated carbocycles. The summed E-state index contributed by atoms with van der Waals surface area (Å²) in [7, 11) is -3.80. The van der Waals surface area contributed by atoms with Gasteiger partial charge in [0.1, 0.15) is 0 Å². The van der Waals surface area contributed by atoms with Gasteiger partial charge in [-0.2, -0.15) is 5.10 Å². The molecule has 2 heterocycles. The van der Waals surface area contributed by atoms with E-state index < -0.39 is 14.9 Å². The number of benzene rings is 1. The zero-order chi connectivity index (χ0) is 14.3. The van der Waals surface area contributed by atoms with Crippen molar-refractivity contribution < 1.29 is 8.42 Å². The molecule has 104 valence electrons. The van der Waals surface area contributed by atoms with Gasteiger partial charge in [0.05, 0.1) is 17.4 Å². The lowest BCUT2D eigenvalue weighted by Gasteiger charge is -2.07. The van der Waals surface area contributed by atoms with Gasteiger partial charge in [-0.05, 0) is 13.0 Å². The Balaban J connectivity index is 2.08. The van der Waals surface area contributed by atoms with Gasteiger partial charge in [-0.1, -0.05) is 23.5 Å². The zero-order valence-electron chi connectivity index (χ0n) is 10.3. The van der Waals surface area contributed by atoms with Gasteiger partial charge >= 0.3 is 4.87 Å². The fraction of sp³-hybridized carbons (Fsp3) is 0.0909. The molecule has 0 aliphatic rings. The van der Waals surface area contributed by atoms with Crippen LogP contribution in [0.3, 0.4) is 0 Å². The highest BCUT2D eigenvalue weighted by Crippen LogP contribution is 2.25. The van der Waals surface area contributed by atoms with Crippen LogP contribution in [0.2, 0.25) is 0 Å². The summed E-state index contributed by atoms with van der Waals surface area (Å²) in [5, 5.41) is 7.41. The van der Waals surface area contributed by atoms with E-state index in [9.17, 15) is 13.2 Å². The maximum Gasteiger partial charge on any atom is 0.306 e. The zero-order valence-corrected chi connectivity index (χ0v) is 11.9. The number of aryl methyl sites for hydroxylation is 1. The predicted octanol–water partition coefficient (Wildman–Crippen LogP) is 1.42. The number of hydrogen-bond donors (Lipinski definition) is 3. The highest BCUT2D eigenvalue weighted by atomic mass is 32.2. The summed E-state index contributed by atoms with van der Waals surface area (Å²) in [5.41, 5.74) is 1.31. The summed E-state index contributed by atoms with van der Waals surface area (Å²) >= 11 is 0.661. The standard InChI is InChI=1S/C11H10N4O3S2/c1-6-10(19-11(16)13-6)20(17,18)15-8-4-2-3-7-5-12-14-9(7)8/h2-5,15H,1H3,(H,12,14)(H,13,16). The maximum absolute atomic E-state index is 12.3. The highest BCUT2D eigenvalue weighted by molar-refractivity contribution is 7.94. The average Bonchev–Trinajstić information content (AvgIpc) is 2.96. The van der Waals surface area contributed by atoms with Crippen molar-refractivity contribution in [2.75, 3.05) is 4.72 Å². The third-order valence-corrected chi connectivity index (χ3v) is 5.72. The molecule has 0 saturated heterocycles. The predicted molar refractivity (Wildman–Crippen MR) is 76.6 cm³/mol. The van der Waals surface area contributed by atoms with E-state index in [1.165, 1.54) is 0 Å². The Morgan fingerprint density at radius 2 is 2.15 bits per heavy atom. The van der Waals surface area contributed by atoms with Crippen molar-refractivity contribution in [3.8, 4) is 0 Å². The fourth-order valence-corrected chi connectivity index (χ4v) is 4.27. The Hall–Kier alpha value is -2.13. The van der Waals surface area contributed by atoms with Gasteiger partial charge in [0.15, 0.2) is 4.21 Å². The molecule has 0 amide bonds. The Kier molecular flexibility index (Phi) is 2.87. The maximum atomic E-state index is 12.3. The molecule has 1 aromatic carbocycles. The van der Waals surface area contributed by atoms with Crippen LogP contribution in [0, 0.1) is 6.92 Å². The second kappa shape index (κ2) is 4.46. The number of rotatable bonds is 3. The summed E-state index contributed by atoms with van der Waals surface area (Å²) in [5.74, 6) is 0. The van der Waals surface area contributed by atoms with Gasteiger partial charge < -0.3 is 4.98 Å². The molecule has 9 heteroatoms. The number of sulfonamides is 1. The molecule has 3 N–H and O–H groups in total. The van der Waals surface area contributed by atoms with E-state index >= 15 is 0 Å². The normalized spacial score (nSPS) is 11.8. The van der Waals surface area contributed by atoms with Gasteiger partial charge in [-0.3, -0.25) is 14.6 Å². The van der Waals surface area contributed by atoms with Crippen LogP contribution in [0.1, 0.15) is 5.69 Å². The molecule has 0 unspecified atom stereocenters. The van der Waals surface area contributed by atoms with Crippen molar-refractivity contribution in [2.45, 2.75) is 11.1 Å². The lowest BCUT2D eigenvalue weighted by Crippen LogP contribution is -2.13. The molecule has 0 aliphatic carbocycles. The Morgan fingerprint density at radius 3 is 2.85 bits per heavy atom. The molecule has 20 heavy (non-hydrogen) atoms. The molecular formula is C11H10N4O3S2. The Bertz CT molecular complexity index is 936. The first-order valence-corrected chi connectivity index (χ1v) is 7.92. The number of nitrogens with zero attached hydrogens (tertiary/aromatic N) is 1. The fourth-order valence-electron chi connectivity index (χ4n) is 1.89. The molecule has 0 fully saturated rings. The smallest absolute Gasteiger partial charge is 0.306 e. The third-order valence-electron chi connectivity index (χ3n) is 2.75. The van der Waals surface area contributed by atoms with Crippen LogP contribution in [0.25, 0.3) is 10.9 Å². The molecule has 2 aromatic heterocycles. The number of H-pyrrole nitrogens is 2. The molecule has 0 aliphatic heterocycles. The van der Waals surface area contributed by atoms with Crippen LogP contribution in [0.15, 0.2) is 33.4 Å². The molecule has 3 rings (SSSR count). The summed E-state index contributed by atoms with van der Waals surface area (Å²) < 4.78 is 27.1. The van der Waals surface area contributed by atoms with Gasteiger partial charge in [-0.15, -0.1) is 0 Å². The minimum absolute atomic E-state index is 0.0148. The van der Waals surface area contributed by atoms with E-state index in [2.05, 4.69) is 19.9 Å². The second-order valence-corrected chi connectivity index (χ2v) is 7.03. The second-order valence-electron chi connectivity index (χ2n) is 4.17. The van der Waals surface area contributed by atoms with Crippen molar-refractivity contribution in [1.82, 2.24) is 15.2 Å². The Morgan fingerprint density at radius 1 is 1.35 bits per heavy atom. The average molecular weight is 310 g/mol. The molecule has 0 bridgehead atoms. The summed E-state index contributed by atoms with van der Waals surface area (Å²) in [6.07, 6.45) is 1.60. The topological polar surface area (TPSA) is 108 Å². The highest BCUT2D eigenvalue weighted by Gasteiger charge is 2.21. The van der Waals surface area contributed by atoms with Crippen LogP contribution in [0.5, 0.6) is 0 Å². The third kappa shape index (κ3) is 2.10. The minimum Gasteiger partial charge on any atom is -0.315 e. The van der Waals surface area contributed by atoms with E-state index in [0.717, 1.165) is 5.39 Å². The number of aromatic nitrogens is 3. The van der Waals surface area contributed by atoms with Crippen molar-refractivity contribution in [3.63, 3.8) is 0 Å². The molecular weight excluding hydrogens is 300 g/mol. The molecule has 0 atom stereocenters. The monoisotopic (exact) mass is 310 g/mol. The van der Waals surface area contributed by atoms with Gasteiger partial charge in [0, 0.05) is 11.1 Å². The summed E-state index contributed by atoms with van der Waals surface area (Å²) in [6.45, 7) is 1.54. The van der Waals surface area contributed by atoms with Gasteiger partial charge in [0.2, 0.25) is 0 Å². The van der Waals surface area contributed by atoms with E-state index in [0.29, 0.717) is 28.2 Å². The van der Waals surface area contributed by atoms with Gasteiger partial charge in [-0.25, -0.2) is 8.42 Å². The molecule has 3 aromatic rings. The largest absolute Gasteiger partial charge is 0.315 e. The van der Waals surface area contributed by atoms with Crippen molar-refractivity contribution in [2.24, 2.45) is 0 Å². The van der Waals surface area contributed by atoms with Crippen molar-refractivity contribution >= 4 is 38.0 Å². The summed E-state index contributed by atoms with van der Waals surface area (Å²) in [4.78, 5) is 13.3. The first kappa shape index (κ1) is 12.9. The van der Waals surface area contributed by atoms with E-state index in [4.69, 9.17) is 0 Å². The number of aromatic amines is 2. The van der Waals surface area contributed by atoms with E-state index in [-0.39, 0.29) is 4.21 Å². The van der Waals surface area contributed by atoms with E-state index in [1.54, 1.807) is 25.3 Å². The SMILES string of the molecule is Cc1[nH]c(=O)sc1S(=O)(=O)Nc1cccc2cn[nH]c12. The van der Waals surface area contributed by atoms with Crippen LogP contribution >= 0.6 is 11.3 Å². The summed E-state index contributed by atoms with van der Waals surface area (Å²) in [6, 6.07) is 5.17. The first-order valence-electron chi connectivity index (χ1n) is 5.62. The van der Waals surface area contributed by atoms with Crippen LogP contribution < -0.4 is 9.60 Å². The Labute approximate surface area is 117 Å². The first-order chi connectivity index (χ1) is 9.47. The lowest BCUT2D eigenvalue weighted by molar-refractivity contribution is 0.602. The van der Waals surface area contributed by atoms with Gasteiger partial charge in [0.25, 0.3) is 10.0 Å². The van der Waals surface area contributed by atoms with Crippen LogP contribution in [-0.4, -0.2) is 23.6 Å². The van der Waals surface area contributed by atoms with E-state index in [1.807, 2.05) is 6.07 Å². The van der Waals surface area contributed by atoms with Crippen LogP contribution in [0.4, 0.5) is 5.69 Å². The number of anilines is 1.